The molecule has 0 aliphatic heterocycles. The van der Waals surface area contributed by atoms with Gasteiger partial charge < -0.3 is 10.4 Å². The molecule has 1 aromatic carbocycles. The highest BCUT2D eigenvalue weighted by atomic mass is 32.2. The van der Waals surface area contributed by atoms with E-state index in [-0.39, 0.29) is 17.8 Å². The summed E-state index contributed by atoms with van der Waals surface area (Å²) in [6, 6.07) is 8.08. The van der Waals surface area contributed by atoms with E-state index >= 15 is 0 Å². The van der Waals surface area contributed by atoms with E-state index < -0.39 is 0 Å². The zero-order valence-electron chi connectivity index (χ0n) is 11.3. The maximum Gasteiger partial charge on any atom is 0.233 e. The molecule has 1 fully saturated rings. The summed E-state index contributed by atoms with van der Waals surface area (Å²) in [6.45, 7) is 1.97. The van der Waals surface area contributed by atoms with Gasteiger partial charge in [0, 0.05) is 10.9 Å². The number of aliphatic hydroxyl groups is 1. The minimum absolute atomic E-state index is 0.0387. The summed E-state index contributed by atoms with van der Waals surface area (Å²) < 4.78 is 0. The van der Waals surface area contributed by atoms with Gasteiger partial charge in [-0.2, -0.15) is 0 Å². The smallest absolute Gasteiger partial charge is 0.233 e. The van der Waals surface area contributed by atoms with E-state index in [1.807, 2.05) is 31.2 Å². The molecule has 1 aliphatic carbocycles. The molecule has 1 unspecified atom stereocenters. The van der Waals surface area contributed by atoms with E-state index in [4.69, 9.17) is 5.11 Å². The van der Waals surface area contributed by atoms with Gasteiger partial charge in [-0.15, -0.1) is 11.8 Å². The van der Waals surface area contributed by atoms with E-state index in [9.17, 15) is 4.79 Å². The summed E-state index contributed by atoms with van der Waals surface area (Å²) in [4.78, 5) is 13.1. The van der Waals surface area contributed by atoms with Crippen LogP contribution in [0.25, 0.3) is 0 Å². The number of amides is 1. The SMILES string of the molecule is CC(Sc1cccc(CO)c1)C(=O)NC1CCCC1. The summed E-state index contributed by atoms with van der Waals surface area (Å²) >= 11 is 1.54. The molecule has 19 heavy (non-hydrogen) atoms. The Balaban J connectivity index is 1.88. The van der Waals surface area contributed by atoms with Crippen LogP contribution in [0.5, 0.6) is 0 Å². The van der Waals surface area contributed by atoms with Gasteiger partial charge in [0.25, 0.3) is 0 Å². The number of carbonyl (C=O) groups excluding carboxylic acids is 1. The molecule has 1 saturated carbocycles. The van der Waals surface area contributed by atoms with Crippen LogP contribution in [0.4, 0.5) is 0 Å². The predicted octanol–water partition coefficient (Wildman–Crippen LogP) is 2.72. The first-order chi connectivity index (χ1) is 9.19. The topological polar surface area (TPSA) is 49.3 Å². The maximum atomic E-state index is 12.1. The van der Waals surface area contributed by atoms with Crippen LogP contribution in [0.15, 0.2) is 29.2 Å². The molecule has 0 radical (unpaired) electrons. The highest BCUT2D eigenvalue weighted by molar-refractivity contribution is 8.00. The molecule has 1 atom stereocenters. The van der Waals surface area contributed by atoms with Gasteiger partial charge in [-0.05, 0) is 37.5 Å². The van der Waals surface area contributed by atoms with Crippen LogP contribution < -0.4 is 5.32 Å². The predicted molar refractivity (Wildman–Crippen MR) is 78.1 cm³/mol. The fourth-order valence-electron chi connectivity index (χ4n) is 2.36. The maximum absolute atomic E-state index is 12.1. The second-order valence-electron chi connectivity index (χ2n) is 5.06. The lowest BCUT2D eigenvalue weighted by molar-refractivity contribution is -0.120. The Labute approximate surface area is 118 Å². The van der Waals surface area contributed by atoms with E-state index in [0.717, 1.165) is 23.3 Å². The third kappa shape index (κ3) is 4.25. The lowest BCUT2D eigenvalue weighted by Gasteiger charge is -2.16. The first-order valence-corrected chi connectivity index (χ1v) is 7.74. The average Bonchev–Trinajstić information content (AvgIpc) is 2.91. The van der Waals surface area contributed by atoms with Crippen molar-refractivity contribution in [3.63, 3.8) is 0 Å². The van der Waals surface area contributed by atoms with Crippen LogP contribution in [0.2, 0.25) is 0 Å². The molecule has 104 valence electrons. The van der Waals surface area contributed by atoms with Crippen LogP contribution in [-0.2, 0) is 11.4 Å². The summed E-state index contributed by atoms with van der Waals surface area (Å²) in [5, 5.41) is 12.1. The second kappa shape index (κ2) is 6.96. The highest BCUT2D eigenvalue weighted by Gasteiger charge is 2.21. The summed E-state index contributed by atoms with van der Waals surface area (Å²) in [5.74, 6) is 0.117. The molecule has 4 heteroatoms. The first kappa shape index (κ1) is 14.4. The molecule has 0 bridgehead atoms. The van der Waals surface area contributed by atoms with Crippen molar-refractivity contribution in [2.24, 2.45) is 0 Å². The van der Waals surface area contributed by atoms with Gasteiger partial charge in [-0.1, -0.05) is 25.0 Å². The zero-order chi connectivity index (χ0) is 13.7. The first-order valence-electron chi connectivity index (χ1n) is 6.86. The van der Waals surface area contributed by atoms with Gasteiger partial charge in [-0.3, -0.25) is 4.79 Å². The molecule has 0 spiro atoms. The number of nitrogens with one attached hydrogen (secondary N) is 1. The monoisotopic (exact) mass is 279 g/mol. The lowest BCUT2D eigenvalue weighted by Crippen LogP contribution is -2.37. The van der Waals surface area contributed by atoms with Crippen molar-refractivity contribution in [2.45, 2.75) is 55.4 Å². The Bertz CT molecular complexity index is 430. The molecule has 1 amide bonds. The van der Waals surface area contributed by atoms with Crippen molar-refractivity contribution in [1.82, 2.24) is 5.32 Å². The van der Waals surface area contributed by atoms with E-state index in [2.05, 4.69) is 5.32 Å². The third-order valence-corrected chi connectivity index (χ3v) is 4.56. The van der Waals surface area contributed by atoms with Crippen molar-refractivity contribution in [3.05, 3.63) is 29.8 Å². The van der Waals surface area contributed by atoms with Crippen molar-refractivity contribution >= 4 is 17.7 Å². The molecule has 2 N–H and O–H groups in total. The van der Waals surface area contributed by atoms with Gasteiger partial charge in [0.2, 0.25) is 5.91 Å². The number of hydrogen-bond acceptors (Lipinski definition) is 3. The summed E-state index contributed by atoms with van der Waals surface area (Å²) in [7, 11) is 0. The van der Waals surface area contributed by atoms with E-state index in [1.54, 1.807) is 11.8 Å². The van der Waals surface area contributed by atoms with Crippen LogP contribution in [-0.4, -0.2) is 22.3 Å². The molecular weight excluding hydrogens is 258 g/mol. The number of carbonyl (C=O) groups is 1. The normalized spacial score (nSPS) is 17.4. The summed E-state index contributed by atoms with van der Waals surface area (Å²) in [5.41, 5.74) is 0.883. The largest absolute Gasteiger partial charge is 0.392 e. The molecule has 1 aromatic rings. The van der Waals surface area contributed by atoms with Crippen molar-refractivity contribution in [1.29, 1.82) is 0 Å². The number of hydrogen-bond donors (Lipinski definition) is 2. The zero-order valence-corrected chi connectivity index (χ0v) is 12.1. The molecule has 3 nitrogen and oxygen atoms in total. The average molecular weight is 279 g/mol. The fourth-order valence-corrected chi connectivity index (χ4v) is 3.32. The fraction of sp³-hybridized carbons (Fsp3) is 0.533. The lowest BCUT2D eigenvalue weighted by atomic mass is 10.2. The van der Waals surface area contributed by atoms with Gasteiger partial charge in [-0.25, -0.2) is 0 Å². The number of thioether (sulfide) groups is 1. The van der Waals surface area contributed by atoms with Gasteiger partial charge in [0.15, 0.2) is 0 Å². The number of aliphatic hydroxyl groups excluding tert-OH is 1. The van der Waals surface area contributed by atoms with Crippen LogP contribution >= 0.6 is 11.8 Å². The van der Waals surface area contributed by atoms with Crippen molar-refractivity contribution in [3.8, 4) is 0 Å². The molecule has 1 aliphatic rings. The van der Waals surface area contributed by atoms with Crippen LogP contribution in [0.1, 0.15) is 38.2 Å². The summed E-state index contributed by atoms with van der Waals surface area (Å²) in [6.07, 6.45) is 4.68. The van der Waals surface area contributed by atoms with Crippen molar-refractivity contribution < 1.29 is 9.90 Å². The quantitative estimate of drug-likeness (QED) is 0.815. The van der Waals surface area contributed by atoms with Crippen molar-refractivity contribution in [2.75, 3.05) is 0 Å². The molecule has 0 aromatic heterocycles. The molecule has 2 rings (SSSR count). The Morgan fingerprint density at radius 3 is 2.89 bits per heavy atom. The Kier molecular flexibility index (Phi) is 5.28. The van der Waals surface area contributed by atoms with Gasteiger partial charge in [0.1, 0.15) is 0 Å². The van der Waals surface area contributed by atoms with Gasteiger partial charge >= 0.3 is 0 Å². The molecular formula is C15H21NO2S. The minimum atomic E-state index is -0.102. The van der Waals surface area contributed by atoms with Crippen LogP contribution in [0.3, 0.4) is 0 Å². The van der Waals surface area contributed by atoms with Gasteiger partial charge in [0.05, 0.1) is 11.9 Å². The van der Waals surface area contributed by atoms with E-state index in [0.29, 0.717) is 6.04 Å². The van der Waals surface area contributed by atoms with Crippen LogP contribution in [0, 0.1) is 0 Å². The molecule has 0 heterocycles. The number of benzene rings is 1. The standard InChI is InChI=1S/C15H21NO2S/c1-11(15(18)16-13-6-2-3-7-13)19-14-8-4-5-12(9-14)10-17/h4-5,8-9,11,13,17H,2-3,6-7,10H2,1H3,(H,16,18). The number of rotatable bonds is 5. The Morgan fingerprint density at radius 2 is 2.21 bits per heavy atom. The second-order valence-corrected chi connectivity index (χ2v) is 6.47. The third-order valence-electron chi connectivity index (χ3n) is 3.46. The van der Waals surface area contributed by atoms with E-state index in [1.165, 1.54) is 12.8 Å². The molecule has 0 saturated heterocycles. The Morgan fingerprint density at radius 1 is 1.47 bits per heavy atom. The minimum Gasteiger partial charge on any atom is -0.392 e. The Hall–Kier alpha value is -1.00. The highest BCUT2D eigenvalue weighted by Crippen LogP contribution is 2.25.